The van der Waals surface area contributed by atoms with Crippen molar-refractivity contribution in [1.82, 2.24) is 9.62 Å². The van der Waals surface area contributed by atoms with E-state index in [1.54, 1.807) is 7.11 Å². The molecule has 0 radical (unpaired) electrons. The molecule has 2 rings (SSSR count). The minimum absolute atomic E-state index is 0.979. The molecule has 1 aromatic rings. The van der Waals surface area contributed by atoms with Gasteiger partial charge in [0.2, 0.25) is 0 Å². The maximum atomic E-state index is 5.34. The van der Waals surface area contributed by atoms with Crippen LogP contribution in [0.3, 0.4) is 0 Å². The Morgan fingerprint density at radius 1 is 1.18 bits per heavy atom. The Bertz CT molecular complexity index is 389. The molecule has 0 aliphatic carbocycles. The molecule has 1 heterocycles. The third-order valence-electron chi connectivity index (χ3n) is 3.00. The zero-order chi connectivity index (χ0) is 12.3. The Morgan fingerprint density at radius 2 is 1.88 bits per heavy atom. The molecule has 3 nitrogen and oxygen atoms in total. The molecule has 1 saturated heterocycles. The van der Waals surface area contributed by atoms with Gasteiger partial charge in [0.1, 0.15) is 5.75 Å². The average Bonchev–Trinajstić information content (AvgIpc) is 2.34. The first-order valence-electron chi connectivity index (χ1n) is 5.99. The molecule has 1 aliphatic rings. The largest absolute Gasteiger partial charge is 0.496 e. The van der Waals surface area contributed by atoms with Gasteiger partial charge >= 0.3 is 0 Å². The molecule has 0 spiro atoms. The number of nitrogens with zero attached hydrogens (tertiary/aromatic N) is 1. The highest BCUT2D eigenvalue weighted by Gasteiger charge is 2.13. The topological polar surface area (TPSA) is 24.5 Å². The molecule has 0 unspecified atom stereocenters. The summed E-state index contributed by atoms with van der Waals surface area (Å²) in [5.41, 5.74) is 2.49. The van der Waals surface area contributed by atoms with Crippen LogP contribution in [0.4, 0.5) is 0 Å². The second kappa shape index (κ2) is 5.76. The third kappa shape index (κ3) is 3.15. The van der Waals surface area contributed by atoms with Gasteiger partial charge in [-0.2, -0.15) is 0 Å². The molecular weight excluding hydrogens is 232 g/mol. The van der Waals surface area contributed by atoms with Crippen LogP contribution < -0.4 is 10.1 Å². The number of hydrogen-bond acceptors (Lipinski definition) is 4. The van der Waals surface area contributed by atoms with Gasteiger partial charge in [-0.05, 0) is 49.1 Å². The normalized spacial score (nSPS) is 17.1. The average molecular weight is 252 g/mol. The highest BCUT2D eigenvalue weighted by atomic mass is 32.2. The summed E-state index contributed by atoms with van der Waals surface area (Å²) in [6, 6.07) is 4.35. The van der Waals surface area contributed by atoms with Gasteiger partial charge in [-0.1, -0.05) is 0 Å². The second-order valence-electron chi connectivity index (χ2n) is 4.36. The Hall–Kier alpha value is -0.710. The summed E-state index contributed by atoms with van der Waals surface area (Å²) in [7, 11) is 1.73. The van der Waals surface area contributed by atoms with Crippen molar-refractivity contribution in [2.45, 2.75) is 18.7 Å². The van der Waals surface area contributed by atoms with E-state index in [2.05, 4.69) is 35.6 Å². The maximum absolute atomic E-state index is 5.34. The fourth-order valence-electron chi connectivity index (χ4n) is 1.96. The van der Waals surface area contributed by atoms with Crippen molar-refractivity contribution >= 4 is 11.9 Å². The minimum atomic E-state index is 0.979. The summed E-state index contributed by atoms with van der Waals surface area (Å²) in [4.78, 5) is 1.34. The van der Waals surface area contributed by atoms with Crippen molar-refractivity contribution < 1.29 is 4.74 Å². The maximum Gasteiger partial charge on any atom is 0.122 e. The molecule has 0 saturated carbocycles. The fraction of sp³-hybridized carbons (Fsp3) is 0.538. The van der Waals surface area contributed by atoms with Crippen LogP contribution in [0.15, 0.2) is 17.0 Å². The van der Waals surface area contributed by atoms with Gasteiger partial charge in [-0.25, -0.2) is 4.31 Å². The molecule has 4 heteroatoms. The lowest BCUT2D eigenvalue weighted by Crippen LogP contribution is -2.39. The van der Waals surface area contributed by atoms with Gasteiger partial charge in [-0.3, -0.25) is 0 Å². The molecule has 1 fully saturated rings. The van der Waals surface area contributed by atoms with Crippen molar-refractivity contribution in [1.29, 1.82) is 0 Å². The summed E-state index contributed by atoms with van der Waals surface area (Å²) in [5.74, 6) is 0.979. The lowest BCUT2D eigenvalue weighted by molar-refractivity contribution is 0.396. The van der Waals surface area contributed by atoms with E-state index in [4.69, 9.17) is 4.74 Å². The van der Waals surface area contributed by atoms with Crippen LogP contribution in [-0.4, -0.2) is 37.6 Å². The number of aryl methyl sites for hydroxylation is 2. The van der Waals surface area contributed by atoms with Crippen LogP contribution in [0.1, 0.15) is 11.1 Å². The number of nitrogens with one attached hydrogen (secondary N) is 1. The molecule has 0 aromatic heterocycles. The molecular formula is C13H20N2OS. The van der Waals surface area contributed by atoms with Gasteiger partial charge in [0.15, 0.2) is 0 Å². The number of piperazine rings is 1. The predicted molar refractivity (Wildman–Crippen MR) is 72.8 cm³/mol. The smallest absolute Gasteiger partial charge is 0.122 e. The van der Waals surface area contributed by atoms with Crippen molar-refractivity contribution in [3.8, 4) is 5.75 Å². The molecule has 17 heavy (non-hydrogen) atoms. The molecule has 94 valence electrons. The summed E-state index contributed by atoms with van der Waals surface area (Å²) in [6.07, 6.45) is 0. The predicted octanol–water partition coefficient (Wildman–Crippen LogP) is 2.22. The van der Waals surface area contributed by atoms with Crippen molar-refractivity contribution in [3.63, 3.8) is 0 Å². The quantitative estimate of drug-likeness (QED) is 0.834. The Morgan fingerprint density at radius 3 is 2.53 bits per heavy atom. The van der Waals surface area contributed by atoms with Gasteiger partial charge < -0.3 is 10.1 Å². The standard InChI is InChI=1S/C13H20N2OS/c1-10-9-13(11(2)8-12(10)16-3)17-15-6-4-14-5-7-15/h8-9,14H,4-7H2,1-3H3. The van der Waals surface area contributed by atoms with Gasteiger partial charge in [0.25, 0.3) is 0 Å². The highest BCUT2D eigenvalue weighted by Crippen LogP contribution is 2.31. The van der Waals surface area contributed by atoms with E-state index >= 15 is 0 Å². The minimum Gasteiger partial charge on any atom is -0.496 e. The molecule has 0 bridgehead atoms. The van der Waals surface area contributed by atoms with Crippen molar-refractivity contribution in [2.24, 2.45) is 0 Å². The fourth-order valence-corrected chi connectivity index (χ4v) is 3.03. The molecule has 1 N–H and O–H groups in total. The van der Waals surface area contributed by atoms with Crippen LogP contribution in [0, 0.1) is 13.8 Å². The first-order chi connectivity index (χ1) is 8.20. The van der Waals surface area contributed by atoms with Gasteiger partial charge in [0.05, 0.1) is 7.11 Å². The number of rotatable bonds is 3. The summed E-state index contributed by atoms with van der Waals surface area (Å²) >= 11 is 1.86. The Kier molecular flexibility index (Phi) is 4.31. The summed E-state index contributed by atoms with van der Waals surface area (Å²) in [5, 5.41) is 3.37. The number of methoxy groups -OCH3 is 1. The number of ether oxygens (including phenoxy) is 1. The van der Waals surface area contributed by atoms with E-state index in [0.29, 0.717) is 0 Å². The third-order valence-corrected chi connectivity index (χ3v) is 4.26. The number of benzene rings is 1. The van der Waals surface area contributed by atoms with E-state index < -0.39 is 0 Å². The van der Waals surface area contributed by atoms with E-state index in [1.165, 1.54) is 16.0 Å². The monoisotopic (exact) mass is 252 g/mol. The number of hydrogen-bond donors (Lipinski definition) is 1. The molecule has 0 atom stereocenters. The Labute approximate surface area is 108 Å². The van der Waals surface area contributed by atoms with E-state index in [0.717, 1.165) is 31.9 Å². The zero-order valence-corrected chi connectivity index (χ0v) is 11.6. The van der Waals surface area contributed by atoms with Crippen LogP contribution in [0.5, 0.6) is 5.75 Å². The first-order valence-corrected chi connectivity index (χ1v) is 6.77. The summed E-state index contributed by atoms with van der Waals surface area (Å²) in [6.45, 7) is 8.62. The molecule has 0 amide bonds. The first kappa shape index (κ1) is 12.7. The molecule has 1 aliphatic heterocycles. The van der Waals surface area contributed by atoms with Crippen molar-refractivity contribution in [3.05, 3.63) is 23.3 Å². The van der Waals surface area contributed by atoms with Gasteiger partial charge in [-0.15, -0.1) is 0 Å². The summed E-state index contributed by atoms with van der Waals surface area (Å²) < 4.78 is 7.76. The van der Waals surface area contributed by atoms with Crippen LogP contribution >= 0.6 is 11.9 Å². The molecule has 1 aromatic carbocycles. The lowest BCUT2D eigenvalue weighted by atomic mass is 10.1. The zero-order valence-electron chi connectivity index (χ0n) is 10.7. The van der Waals surface area contributed by atoms with Crippen LogP contribution in [0.2, 0.25) is 0 Å². The highest BCUT2D eigenvalue weighted by molar-refractivity contribution is 7.97. The van der Waals surface area contributed by atoms with Gasteiger partial charge in [0, 0.05) is 31.1 Å². The van der Waals surface area contributed by atoms with E-state index in [1.807, 2.05) is 11.9 Å². The Balaban J connectivity index is 2.12. The van der Waals surface area contributed by atoms with Crippen LogP contribution in [0.25, 0.3) is 0 Å². The second-order valence-corrected chi connectivity index (χ2v) is 5.50. The van der Waals surface area contributed by atoms with Crippen molar-refractivity contribution in [2.75, 3.05) is 33.3 Å². The van der Waals surface area contributed by atoms with E-state index in [-0.39, 0.29) is 0 Å². The lowest BCUT2D eigenvalue weighted by Gasteiger charge is -2.26. The SMILES string of the molecule is COc1cc(C)c(SN2CCNCC2)cc1C. The van der Waals surface area contributed by atoms with E-state index in [9.17, 15) is 0 Å². The van der Waals surface area contributed by atoms with Crippen LogP contribution in [-0.2, 0) is 0 Å².